The maximum Gasteiger partial charge on any atom is 0.160 e. The Labute approximate surface area is 338 Å². The van der Waals surface area contributed by atoms with Crippen LogP contribution in [0.1, 0.15) is 0 Å². The number of para-hydroxylation sites is 3. The van der Waals surface area contributed by atoms with Crippen LogP contribution in [0.3, 0.4) is 0 Å². The number of fused-ring (bicyclic) bond motifs is 9. The zero-order valence-electron chi connectivity index (χ0n) is 31.7. The molecule has 0 N–H and O–H groups in total. The lowest BCUT2D eigenvalue weighted by atomic mass is 10.0. The van der Waals surface area contributed by atoms with Crippen LogP contribution in [-0.4, -0.2) is 19.1 Å². The van der Waals surface area contributed by atoms with Gasteiger partial charge in [-0.3, -0.25) is 0 Å². The fourth-order valence-electron chi connectivity index (χ4n) is 9.04. The number of benzene rings is 9. The molecule has 0 aliphatic heterocycles. The normalized spacial score (nSPS) is 11.8. The van der Waals surface area contributed by atoms with Gasteiger partial charge in [0.2, 0.25) is 0 Å². The molecular weight excluding hydrogens is 724 g/mol. The predicted octanol–water partition coefficient (Wildman–Crippen LogP) is 14.1. The lowest BCUT2D eigenvalue weighted by molar-refractivity contribution is 0.628. The molecule has 3 heterocycles. The minimum absolute atomic E-state index is 0.292. The number of halogens is 1. The van der Waals surface area contributed by atoms with E-state index in [4.69, 9.17) is 9.97 Å². The quantitative estimate of drug-likeness (QED) is 0.164. The Morgan fingerprint density at radius 1 is 0.339 bits per heavy atom. The lowest BCUT2D eigenvalue weighted by Crippen LogP contribution is -1.98. The second-order valence-corrected chi connectivity index (χ2v) is 15.1. The van der Waals surface area contributed by atoms with E-state index in [1.54, 1.807) is 12.1 Å². The summed E-state index contributed by atoms with van der Waals surface area (Å²) in [6.07, 6.45) is 0. The molecule has 0 aliphatic rings. The molecule has 0 atom stereocenters. The Balaban J connectivity index is 1.02. The van der Waals surface area contributed by atoms with Gasteiger partial charge in [-0.2, -0.15) is 0 Å². The van der Waals surface area contributed by atoms with Crippen LogP contribution in [-0.2, 0) is 0 Å². The molecule has 0 fully saturated rings. The molecule has 12 rings (SSSR count). The van der Waals surface area contributed by atoms with Crippen LogP contribution in [0.2, 0.25) is 0 Å². The van der Waals surface area contributed by atoms with Crippen LogP contribution in [0.25, 0.3) is 110 Å². The predicted molar refractivity (Wildman–Crippen MR) is 242 cm³/mol. The summed E-state index contributed by atoms with van der Waals surface area (Å²) in [6.45, 7) is 0. The first-order chi connectivity index (χ1) is 29.2. The highest BCUT2D eigenvalue weighted by Gasteiger charge is 2.18. The van der Waals surface area contributed by atoms with Crippen molar-refractivity contribution >= 4 is 65.3 Å². The summed E-state index contributed by atoms with van der Waals surface area (Å²) in [5, 5.41) is 7.96. The molecule has 4 nitrogen and oxygen atoms in total. The Bertz CT molecular complexity index is 3620. The molecule has 3 aromatic heterocycles. The number of aromatic nitrogens is 4. The van der Waals surface area contributed by atoms with Crippen molar-refractivity contribution in [2.75, 3.05) is 0 Å². The van der Waals surface area contributed by atoms with Crippen molar-refractivity contribution in [2.24, 2.45) is 0 Å². The zero-order chi connectivity index (χ0) is 39.0. The third-order valence-corrected chi connectivity index (χ3v) is 11.8. The van der Waals surface area contributed by atoms with Crippen LogP contribution in [0.5, 0.6) is 0 Å². The number of rotatable bonds is 5. The Morgan fingerprint density at radius 2 is 0.898 bits per heavy atom. The number of nitrogens with zero attached hydrogens (tertiary/aromatic N) is 4. The van der Waals surface area contributed by atoms with Crippen molar-refractivity contribution in [3.8, 4) is 45.1 Å². The summed E-state index contributed by atoms with van der Waals surface area (Å²) in [5.74, 6) is 0.265. The van der Waals surface area contributed by atoms with E-state index in [0.717, 1.165) is 60.9 Å². The van der Waals surface area contributed by atoms with E-state index in [0.29, 0.717) is 5.82 Å². The van der Waals surface area contributed by atoms with Gasteiger partial charge in [0.1, 0.15) is 5.82 Å². The van der Waals surface area contributed by atoms with Crippen molar-refractivity contribution < 1.29 is 4.39 Å². The highest BCUT2D eigenvalue weighted by Crippen LogP contribution is 2.40. The van der Waals surface area contributed by atoms with E-state index in [1.807, 2.05) is 12.1 Å². The van der Waals surface area contributed by atoms with Crippen LogP contribution < -0.4 is 0 Å². The van der Waals surface area contributed by atoms with Crippen molar-refractivity contribution in [1.29, 1.82) is 0 Å². The fourth-order valence-corrected chi connectivity index (χ4v) is 9.04. The number of hydrogen-bond donors (Lipinski definition) is 0. The van der Waals surface area contributed by atoms with Crippen LogP contribution in [0.15, 0.2) is 200 Å². The van der Waals surface area contributed by atoms with E-state index in [-0.39, 0.29) is 5.82 Å². The van der Waals surface area contributed by atoms with Crippen molar-refractivity contribution in [3.63, 3.8) is 0 Å². The fraction of sp³-hybridized carbons (Fsp3) is 0. The van der Waals surface area contributed by atoms with E-state index >= 15 is 0 Å². The first-order valence-electron chi connectivity index (χ1n) is 19.8. The SMILES string of the molecule is Fc1ccc(-c2nc(-c3cccc(-n4c5ccccc5c5cc(-c6ccc7c(c6)c6ccccc6n7-c6ccccc6)ccc54)c3)c3ccc4ccccc4c3n2)cc1. The highest BCUT2D eigenvalue weighted by atomic mass is 19.1. The van der Waals surface area contributed by atoms with Crippen LogP contribution >= 0.6 is 0 Å². The minimum atomic E-state index is -0.292. The molecule has 276 valence electrons. The third kappa shape index (κ3) is 5.29. The second-order valence-electron chi connectivity index (χ2n) is 15.1. The Kier molecular flexibility index (Phi) is 7.38. The van der Waals surface area contributed by atoms with Gasteiger partial charge in [0.15, 0.2) is 5.82 Å². The summed E-state index contributed by atoms with van der Waals surface area (Å²) in [6, 6.07) is 69.2. The Morgan fingerprint density at radius 3 is 1.59 bits per heavy atom. The highest BCUT2D eigenvalue weighted by molar-refractivity contribution is 6.13. The number of hydrogen-bond acceptors (Lipinski definition) is 2. The summed E-state index contributed by atoms with van der Waals surface area (Å²) in [4.78, 5) is 10.3. The van der Waals surface area contributed by atoms with Gasteiger partial charge in [0.05, 0.1) is 33.3 Å². The minimum Gasteiger partial charge on any atom is -0.309 e. The molecule has 9 aromatic carbocycles. The van der Waals surface area contributed by atoms with Crippen molar-refractivity contribution in [1.82, 2.24) is 19.1 Å². The maximum absolute atomic E-state index is 14.0. The molecule has 0 saturated heterocycles. The van der Waals surface area contributed by atoms with Gasteiger partial charge >= 0.3 is 0 Å². The average molecular weight is 757 g/mol. The summed E-state index contributed by atoms with van der Waals surface area (Å²) < 4.78 is 18.7. The molecule has 0 amide bonds. The molecule has 5 heteroatoms. The maximum atomic E-state index is 14.0. The van der Waals surface area contributed by atoms with Gasteiger partial charge in [-0.05, 0) is 108 Å². The third-order valence-electron chi connectivity index (χ3n) is 11.8. The first kappa shape index (κ1) is 33.3. The molecule has 12 aromatic rings. The van der Waals surface area contributed by atoms with Gasteiger partial charge in [-0.15, -0.1) is 0 Å². The van der Waals surface area contributed by atoms with Gasteiger partial charge in [-0.25, -0.2) is 14.4 Å². The molecule has 0 radical (unpaired) electrons. The van der Waals surface area contributed by atoms with Crippen molar-refractivity contribution in [3.05, 3.63) is 206 Å². The first-order valence-corrected chi connectivity index (χ1v) is 19.8. The molecule has 0 saturated carbocycles. The van der Waals surface area contributed by atoms with Crippen molar-refractivity contribution in [2.45, 2.75) is 0 Å². The zero-order valence-corrected chi connectivity index (χ0v) is 31.7. The van der Waals surface area contributed by atoms with Crippen LogP contribution in [0.4, 0.5) is 4.39 Å². The van der Waals surface area contributed by atoms with Gasteiger partial charge in [0.25, 0.3) is 0 Å². The lowest BCUT2D eigenvalue weighted by Gasteiger charge is -2.14. The van der Waals surface area contributed by atoms with Gasteiger partial charge in [-0.1, -0.05) is 109 Å². The van der Waals surface area contributed by atoms with E-state index in [2.05, 4.69) is 173 Å². The monoisotopic (exact) mass is 756 g/mol. The van der Waals surface area contributed by atoms with E-state index in [1.165, 1.54) is 55.8 Å². The topological polar surface area (TPSA) is 35.6 Å². The molecule has 0 bridgehead atoms. The molecule has 0 spiro atoms. The van der Waals surface area contributed by atoms with Crippen LogP contribution in [0, 0.1) is 5.82 Å². The second kappa shape index (κ2) is 13.1. The van der Waals surface area contributed by atoms with Gasteiger partial charge < -0.3 is 9.13 Å². The molecule has 0 aliphatic carbocycles. The van der Waals surface area contributed by atoms with E-state index < -0.39 is 0 Å². The van der Waals surface area contributed by atoms with Gasteiger partial charge in [0, 0.05) is 54.8 Å². The largest absolute Gasteiger partial charge is 0.309 e. The van der Waals surface area contributed by atoms with E-state index in [9.17, 15) is 4.39 Å². The smallest absolute Gasteiger partial charge is 0.160 e. The standard InChI is InChI=1S/C54H33FN4/c55-39-26-21-35(22-27-39)54-56-52(45-28-23-34-11-4-5-16-42(34)53(45)57-54)38-12-10-15-41(31-38)59-49-20-9-7-18-44(49)47-33-37(25-30-51(47)59)36-24-29-50-46(32-36)43-17-6-8-19-48(43)58(50)40-13-2-1-3-14-40/h1-33H. The summed E-state index contributed by atoms with van der Waals surface area (Å²) in [5.41, 5.74) is 12.6. The molecular formula is C54H33FN4. The summed E-state index contributed by atoms with van der Waals surface area (Å²) in [7, 11) is 0. The molecule has 59 heavy (non-hydrogen) atoms. The summed E-state index contributed by atoms with van der Waals surface area (Å²) >= 11 is 0. The average Bonchev–Trinajstić information content (AvgIpc) is 3.81. The Hall–Kier alpha value is -7.89. The molecule has 0 unspecified atom stereocenters.